The summed E-state index contributed by atoms with van der Waals surface area (Å²) in [6.45, 7) is 3.53. The Kier molecular flexibility index (Phi) is 2.14. The van der Waals surface area contributed by atoms with Crippen LogP contribution in [0.3, 0.4) is 0 Å². The highest BCUT2D eigenvalue weighted by Crippen LogP contribution is 2.20. The minimum absolute atomic E-state index is 0.244. The molecule has 0 bridgehead atoms. The predicted molar refractivity (Wildman–Crippen MR) is 48.3 cm³/mol. The van der Waals surface area contributed by atoms with Crippen molar-refractivity contribution in [3.63, 3.8) is 0 Å². The molecule has 0 amide bonds. The van der Waals surface area contributed by atoms with E-state index in [9.17, 15) is 5.11 Å². The van der Waals surface area contributed by atoms with Gasteiger partial charge in [0, 0.05) is 19.0 Å². The second-order valence-corrected chi connectivity index (χ2v) is 3.47. The molecule has 4 nitrogen and oxygen atoms in total. The third-order valence-electron chi connectivity index (χ3n) is 2.41. The Balaban J connectivity index is 2.12. The summed E-state index contributed by atoms with van der Waals surface area (Å²) in [5, 5.41) is 17.2. The summed E-state index contributed by atoms with van der Waals surface area (Å²) in [6, 6.07) is 3.59. The Hall–Kier alpha value is -1.16. The molecule has 1 aromatic rings. The lowest BCUT2D eigenvalue weighted by molar-refractivity contribution is 0.157. The molecule has 0 saturated carbocycles. The molecule has 1 saturated heterocycles. The molecule has 0 aliphatic carbocycles. The van der Waals surface area contributed by atoms with E-state index in [1.807, 2.05) is 17.9 Å². The van der Waals surface area contributed by atoms with Gasteiger partial charge in [-0.15, -0.1) is 10.2 Å². The lowest BCUT2D eigenvalue weighted by Gasteiger charge is -2.14. The van der Waals surface area contributed by atoms with Gasteiger partial charge in [-0.3, -0.25) is 0 Å². The number of aliphatic hydroxyl groups is 1. The molecule has 1 aliphatic heterocycles. The molecule has 0 aromatic carbocycles. The summed E-state index contributed by atoms with van der Waals surface area (Å²) >= 11 is 0. The van der Waals surface area contributed by atoms with Crippen molar-refractivity contribution in [2.24, 2.45) is 5.92 Å². The smallest absolute Gasteiger partial charge is 0.151 e. The molecule has 2 atom stereocenters. The van der Waals surface area contributed by atoms with Crippen molar-refractivity contribution in [2.75, 3.05) is 18.0 Å². The number of hydrogen-bond acceptors (Lipinski definition) is 4. The maximum Gasteiger partial charge on any atom is 0.151 e. The molecular formula is C9H12N3O. The summed E-state index contributed by atoms with van der Waals surface area (Å²) in [7, 11) is 0. The summed E-state index contributed by atoms with van der Waals surface area (Å²) < 4.78 is 0. The van der Waals surface area contributed by atoms with Crippen LogP contribution in [0.4, 0.5) is 5.82 Å². The number of aliphatic hydroxyl groups excluding tert-OH is 1. The van der Waals surface area contributed by atoms with Crippen LogP contribution in [0, 0.1) is 12.1 Å². The van der Waals surface area contributed by atoms with Crippen molar-refractivity contribution in [1.29, 1.82) is 0 Å². The average molecular weight is 178 g/mol. The lowest BCUT2D eigenvalue weighted by atomic mass is 10.1. The van der Waals surface area contributed by atoms with Gasteiger partial charge in [-0.05, 0) is 12.1 Å². The van der Waals surface area contributed by atoms with E-state index in [2.05, 4.69) is 16.4 Å². The van der Waals surface area contributed by atoms with Gasteiger partial charge in [0.05, 0.1) is 6.10 Å². The van der Waals surface area contributed by atoms with Crippen LogP contribution in [-0.2, 0) is 0 Å². The van der Waals surface area contributed by atoms with Crippen LogP contribution >= 0.6 is 0 Å². The van der Waals surface area contributed by atoms with Crippen LogP contribution in [0.1, 0.15) is 6.92 Å². The fraction of sp³-hybridized carbons (Fsp3) is 0.556. The minimum Gasteiger partial charge on any atom is -0.391 e. The molecule has 2 heterocycles. The first-order valence-electron chi connectivity index (χ1n) is 4.40. The van der Waals surface area contributed by atoms with E-state index in [1.54, 1.807) is 6.07 Å². The number of β-amino-alcohol motifs (C(OH)–C–C–N with tert-alkyl or cyclic N) is 1. The van der Waals surface area contributed by atoms with Crippen molar-refractivity contribution in [2.45, 2.75) is 13.0 Å². The van der Waals surface area contributed by atoms with Crippen molar-refractivity contribution >= 4 is 5.82 Å². The lowest BCUT2D eigenvalue weighted by Crippen LogP contribution is -2.22. The summed E-state index contributed by atoms with van der Waals surface area (Å²) in [6.07, 6.45) is 2.38. The highest BCUT2D eigenvalue weighted by Gasteiger charge is 2.28. The molecule has 4 heteroatoms. The fourth-order valence-electron chi connectivity index (χ4n) is 1.56. The van der Waals surface area contributed by atoms with Crippen LogP contribution in [-0.4, -0.2) is 34.5 Å². The van der Waals surface area contributed by atoms with Crippen LogP contribution < -0.4 is 4.90 Å². The first kappa shape index (κ1) is 8.44. The molecular weight excluding hydrogens is 166 g/mol. The number of nitrogens with zero attached hydrogens (tertiary/aromatic N) is 3. The normalized spacial score (nSPS) is 28.0. The van der Waals surface area contributed by atoms with E-state index in [0.717, 1.165) is 12.4 Å². The van der Waals surface area contributed by atoms with Gasteiger partial charge in [0.25, 0.3) is 0 Å². The molecule has 1 fully saturated rings. The number of anilines is 1. The second kappa shape index (κ2) is 3.30. The van der Waals surface area contributed by atoms with E-state index in [4.69, 9.17) is 0 Å². The number of hydrogen-bond donors (Lipinski definition) is 1. The van der Waals surface area contributed by atoms with E-state index in [0.29, 0.717) is 12.5 Å². The van der Waals surface area contributed by atoms with Gasteiger partial charge in [-0.1, -0.05) is 6.92 Å². The molecule has 0 spiro atoms. The maximum absolute atomic E-state index is 9.53. The Morgan fingerprint density at radius 3 is 3.00 bits per heavy atom. The topological polar surface area (TPSA) is 49.2 Å². The number of aromatic nitrogens is 2. The Labute approximate surface area is 77.2 Å². The van der Waals surface area contributed by atoms with E-state index >= 15 is 0 Å². The highest BCUT2D eigenvalue weighted by molar-refractivity contribution is 5.38. The van der Waals surface area contributed by atoms with Crippen LogP contribution in [0.25, 0.3) is 0 Å². The minimum atomic E-state index is -0.244. The van der Waals surface area contributed by atoms with Crippen molar-refractivity contribution < 1.29 is 5.11 Å². The van der Waals surface area contributed by atoms with Crippen molar-refractivity contribution in [3.8, 4) is 0 Å². The quantitative estimate of drug-likeness (QED) is 0.662. The molecule has 2 rings (SSSR count). The third-order valence-corrected chi connectivity index (χ3v) is 2.41. The second-order valence-electron chi connectivity index (χ2n) is 3.47. The Morgan fingerprint density at radius 2 is 2.46 bits per heavy atom. The largest absolute Gasteiger partial charge is 0.391 e. The molecule has 1 aliphatic rings. The summed E-state index contributed by atoms with van der Waals surface area (Å²) in [4.78, 5) is 2.04. The average Bonchev–Trinajstić information content (AvgIpc) is 2.49. The van der Waals surface area contributed by atoms with E-state index in [-0.39, 0.29) is 6.10 Å². The van der Waals surface area contributed by atoms with Gasteiger partial charge >= 0.3 is 0 Å². The zero-order valence-electron chi connectivity index (χ0n) is 7.51. The van der Waals surface area contributed by atoms with Crippen molar-refractivity contribution in [3.05, 3.63) is 18.3 Å². The van der Waals surface area contributed by atoms with Gasteiger partial charge in [0.2, 0.25) is 0 Å². The van der Waals surface area contributed by atoms with E-state index in [1.165, 1.54) is 0 Å². The zero-order chi connectivity index (χ0) is 9.26. The van der Waals surface area contributed by atoms with Gasteiger partial charge < -0.3 is 10.0 Å². The van der Waals surface area contributed by atoms with Crippen LogP contribution in [0.15, 0.2) is 12.1 Å². The fourth-order valence-corrected chi connectivity index (χ4v) is 1.56. The first-order valence-corrected chi connectivity index (χ1v) is 4.40. The number of rotatable bonds is 1. The van der Waals surface area contributed by atoms with Crippen LogP contribution in [0.2, 0.25) is 0 Å². The monoisotopic (exact) mass is 178 g/mol. The standard InChI is InChI=1S/C9H12N3O/c1-7-5-12(6-8(7)13)9-3-2-4-10-11-9/h2-3,7-8,13H,5-6H2,1H3/t7-,8+/m1/s1. The van der Waals surface area contributed by atoms with Gasteiger partial charge in [-0.25, -0.2) is 0 Å². The third kappa shape index (κ3) is 1.62. The molecule has 1 aromatic heterocycles. The van der Waals surface area contributed by atoms with Gasteiger partial charge in [-0.2, -0.15) is 0 Å². The van der Waals surface area contributed by atoms with Gasteiger partial charge in [0.15, 0.2) is 5.82 Å². The highest BCUT2D eigenvalue weighted by atomic mass is 16.3. The maximum atomic E-state index is 9.53. The Bertz CT molecular complexity index is 267. The van der Waals surface area contributed by atoms with Gasteiger partial charge in [0.1, 0.15) is 6.20 Å². The molecule has 1 radical (unpaired) electrons. The Morgan fingerprint density at radius 1 is 1.62 bits per heavy atom. The van der Waals surface area contributed by atoms with E-state index < -0.39 is 0 Å². The van der Waals surface area contributed by atoms with Crippen LogP contribution in [0.5, 0.6) is 0 Å². The molecule has 1 N–H and O–H groups in total. The predicted octanol–water partition coefficient (Wildman–Crippen LogP) is 0.0938. The SMILES string of the molecule is C[C@@H]1CN(c2cc[c]nn2)C[C@@H]1O. The first-order chi connectivity index (χ1) is 6.27. The molecule has 69 valence electrons. The zero-order valence-corrected chi connectivity index (χ0v) is 7.51. The van der Waals surface area contributed by atoms with Crippen molar-refractivity contribution in [1.82, 2.24) is 10.2 Å². The molecule has 13 heavy (non-hydrogen) atoms. The molecule has 0 unspecified atom stereocenters. The summed E-state index contributed by atoms with van der Waals surface area (Å²) in [5.41, 5.74) is 0. The summed E-state index contributed by atoms with van der Waals surface area (Å²) in [5.74, 6) is 1.13.